The molecule has 2 N–H and O–H groups in total. The molecule has 1 aromatic rings. The molecule has 0 spiro atoms. The van der Waals surface area contributed by atoms with Gasteiger partial charge in [0, 0.05) is 11.6 Å². The summed E-state index contributed by atoms with van der Waals surface area (Å²) in [5, 5.41) is 28.6. The maximum absolute atomic E-state index is 10.7. The zero-order valence-corrected chi connectivity index (χ0v) is 8.54. The summed E-state index contributed by atoms with van der Waals surface area (Å²) in [5.74, 6) is -0.0379. The molecule has 0 radical (unpaired) electrons. The van der Waals surface area contributed by atoms with Crippen LogP contribution in [-0.2, 0) is 0 Å². The Morgan fingerprint density at radius 2 is 2.00 bits per heavy atom. The lowest BCUT2D eigenvalue weighted by atomic mass is 9.78. The second-order valence-electron chi connectivity index (χ2n) is 3.60. The maximum Gasteiger partial charge on any atom is 0.488 e. The van der Waals surface area contributed by atoms with Gasteiger partial charge in [-0.05, 0) is 11.4 Å². The predicted molar refractivity (Wildman–Crippen MR) is 57.0 cm³/mol. The van der Waals surface area contributed by atoms with Crippen LogP contribution in [-0.4, -0.2) is 22.1 Å². The molecule has 1 rings (SSSR count). The van der Waals surface area contributed by atoms with Gasteiger partial charge in [-0.1, -0.05) is 26.0 Å². The van der Waals surface area contributed by atoms with Crippen molar-refractivity contribution in [3.63, 3.8) is 0 Å². The van der Waals surface area contributed by atoms with E-state index in [2.05, 4.69) is 0 Å². The largest absolute Gasteiger partial charge is 0.488 e. The number of hydrogen-bond donors (Lipinski definition) is 2. The van der Waals surface area contributed by atoms with Gasteiger partial charge in [-0.25, -0.2) is 0 Å². The summed E-state index contributed by atoms with van der Waals surface area (Å²) in [7, 11) is -1.59. The monoisotopic (exact) mass is 209 g/mol. The molecule has 15 heavy (non-hydrogen) atoms. The van der Waals surface area contributed by atoms with Crippen molar-refractivity contribution in [2.45, 2.75) is 19.8 Å². The van der Waals surface area contributed by atoms with Crippen LogP contribution in [0.3, 0.4) is 0 Å². The Morgan fingerprint density at radius 1 is 1.40 bits per heavy atom. The van der Waals surface area contributed by atoms with Crippen LogP contribution in [0.5, 0.6) is 0 Å². The molecule has 80 valence electrons. The van der Waals surface area contributed by atoms with Gasteiger partial charge in [0.2, 0.25) is 0 Å². The molecule has 0 bridgehead atoms. The molecule has 0 aliphatic carbocycles. The lowest BCUT2D eigenvalue weighted by molar-refractivity contribution is -0.385. The van der Waals surface area contributed by atoms with Crippen molar-refractivity contribution >= 4 is 18.3 Å². The van der Waals surface area contributed by atoms with E-state index in [1.165, 1.54) is 18.2 Å². The van der Waals surface area contributed by atoms with Crippen molar-refractivity contribution in [1.29, 1.82) is 0 Å². The third kappa shape index (κ3) is 2.54. The van der Waals surface area contributed by atoms with Crippen LogP contribution in [0.25, 0.3) is 0 Å². The predicted octanol–water partition coefficient (Wildman–Crippen LogP) is 0.398. The Hall–Kier alpha value is -1.40. The SMILES string of the molecule is CC(C)c1cc(B(O)O)ccc1[N+](=O)[O-]. The first kappa shape index (κ1) is 11.7. The van der Waals surface area contributed by atoms with Crippen LogP contribution in [0.15, 0.2) is 18.2 Å². The molecule has 0 saturated heterocycles. The van der Waals surface area contributed by atoms with Gasteiger partial charge in [0.05, 0.1) is 4.92 Å². The van der Waals surface area contributed by atoms with E-state index in [0.717, 1.165) is 0 Å². The minimum atomic E-state index is -1.59. The van der Waals surface area contributed by atoms with Gasteiger partial charge in [-0.15, -0.1) is 0 Å². The van der Waals surface area contributed by atoms with E-state index < -0.39 is 12.0 Å². The Balaban J connectivity index is 3.27. The molecule has 6 heteroatoms. The van der Waals surface area contributed by atoms with Crippen LogP contribution in [0.4, 0.5) is 5.69 Å². The third-order valence-corrected chi connectivity index (χ3v) is 2.17. The average molecular weight is 209 g/mol. The van der Waals surface area contributed by atoms with Crippen molar-refractivity contribution in [3.8, 4) is 0 Å². The Labute approximate surface area is 87.7 Å². The minimum Gasteiger partial charge on any atom is -0.423 e. The highest BCUT2D eigenvalue weighted by Crippen LogP contribution is 2.24. The van der Waals surface area contributed by atoms with Gasteiger partial charge in [-0.3, -0.25) is 10.1 Å². The van der Waals surface area contributed by atoms with Crippen LogP contribution in [0.2, 0.25) is 0 Å². The molecule has 0 heterocycles. The third-order valence-electron chi connectivity index (χ3n) is 2.17. The van der Waals surface area contributed by atoms with Gasteiger partial charge < -0.3 is 10.0 Å². The summed E-state index contributed by atoms with van der Waals surface area (Å²) < 4.78 is 0. The first-order valence-corrected chi connectivity index (χ1v) is 4.58. The number of nitro groups is 1. The molecule has 5 nitrogen and oxygen atoms in total. The zero-order valence-electron chi connectivity index (χ0n) is 8.54. The highest BCUT2D eigenvalue weighted by atomic mass is 16.6. The van der Waals surface area contributed by atoms with Crippen LogP contribution in [0, 0.1) is 10.1 Å². The fourth-order valence-corrected chi connectivity index (χ4v) is 1.36. The molecule has 0 aliphatic heterocycles. The van der Waals surface area contributed by atoms with Crippen LogP contribution in [0.1, 0.15) is 25.3 Å². The first-order chi connectivity index (χ1) is 6.93. The molecular weight excluding hydrogens is 197 g/mol. The van der Waals surface area contributed by atoms with E-state index in [1.807, 2.05) is 13.8 Å². The van der Waals surface area contributed by atoms with E-state index >= 15 is 0 Å². The quantitative estimate of drug-likeness (QED) is 0.428. The zero-order chi connectivity index (χ0) is 11.6. The van der Waals surface area contributed by atoms with Crippen molar-refractivity contribution in [2.24, 2.45) is 0 Å². The lowest BCUT2D eigenvalue weighted by Gasteiger charge is -2.08. The number of benzene rings is 1. The second kappa shape index (κ2) is 4.42. The smallest absolute Gasteiger partial charge is 0.423 e. The fourth-order valence-electron chi connectivity index (χ4n) is 1.36. The average Bonchev–Trinajstić information content (AvgIpc) is 2.16. The Kier molecular flexibility index (Phi) is 3.44. The van der Waals surface area contributed by atoms with Gasteiger partial charge in [0.25, 0.3) is 5.69 Å². The topological polar surface area (TPSA) is 83.6 Å². The molecule has 1 aromatic carbocycles. The molecule has 0 atom stereocenters. The first-order valence-electron chi connectivity index (χ1n) is 4.58. The molecule has 0 amide bonds. The van der Waals surface area contributed by atoms with E-state index in [4.69, 9.17) is 10.0 Å². The summed E-state index contributed by atoms with van der Waals surface area (Å²) in [6.45, 7) is 3.63. The number of rotatable bonds is 3. The van der Waals surface area contributed by atoms with E-state index in [-0.39, 0.29) is 17.1 Å². The van der Waals surface area contributed by atoms with Crippen molar-refractivity contribution in [1.82, 2.24) is 0 Å². The molecule has 0 aromatic heterocycles. The molecule has 0 fully saturated rings. The summed E-state index contributed by atoms with van der Waals surface area (Å²) in [5.41, 5.74) is 0.782. The van der Waals surface area contributed by atoms with E-state index in [1.54, 1.807) is 0 Å². The highest BCUT2D eigenvalue weighted by molar-refractivity contribution is 6.58. The fraction of sp³-hybridized carbons (Fsp3) is 0.333. The molecular formula is C9H12BNO4. The van der Waals surface area contributed by atoms with Gasteiger partial charge >= 0.3 is 7.12 Å². The van der Waals surface area contributed by atoms with Crippen LogP contribution < -0.4 is 5.46 Å². The van der Waals surface area contributed by atoms with Gasteiger partial charge in [-0.2, -0.15) is 0 Å². The second-order valence-corrected chi connectivity index (χ2v) is 3.60. The molecule has 0 unspecified atom stereocenters. The summed E-state index contributed by atoms with van der Waals surface area (Å²) in [6, 6.07) is 4.09. The van der Waals surface area contributed by atoms with Crippen molar-refractivity contribution < 1.29 is 15.0 Å². The van der Waals surface area contributed by atoms with Crippen molar-refractivity contribution in [3.05, 3.63) is 33.9 Å². The summed E-state index contributed by atoms with van der Waals surface area (Å²) in [4.78, 5) is 10.2. The molecule has 0 saturated carbocycles. The standard InChI is InChI=1S/C9H12BNO4/c1-6(2)8-5-7(10(12)13)3-4-9(8)11(14)15/h3-6,12-13H,1-2H3. The van der Waals surface area contributed by atoms with E-state index in [0.29, 0.717) is 5.56 Å². The number of hydrogen-bond acceptors (Lipinski definition) is 4. The van der Waals surface area contributed by atoms with E-state index in [9.17, 15) is 10.1 Å². The van der Waals surface area contributed by atoms with Gasteiger partial charge in [0.1, 0.15) is 0 Å². The number of nitro benzene ring substituents is 1. The number of nitrogens with zero attached hydrogens (tertiary/aromatic N) is 1. The Bertz CT molecular complexity index is 378. The lowest BCUT2D eigenvalue weighted by Crippen LogP contribution is -2.30. The summed E-state index contributed by atoms with van der Waals surface area (Å²) in [6.07, 6.45) is 0. The maximum atomic E-state index is 10.7. The Morgan fingerprint density at radius 3 is 2.40 bits per heavy atom. The normalized spacial score (nSPS) is 10.5. The van der Waals surface area contributed by atoms with Gasteiger partial charge in [0.15, 0.2) is 0 Å². The summed E-state index contributed by atoms with van der Waals surface area (Å²) >= 11 is 0. The van der Waals surface area contributed by atoms with Crippen molar-refractivity contribution in [2.75, 3.05) is 0 Å². The van der Waals surface area contributed by atoms with Crippen LogP contribution >= 0.6 is 0 Å². The minimum absolute atomic E-state index is 0.00870. The highest BCUT2D eigenvalue weighted by Gasteiger charge is 2.20. The molecule has 0 aliphatic rings.